The van der Waals surface area contributed by atoms with Gasteiger partial charge in [0.15, 0.2) is 0 Å². The van der Waals surface area contributed by atoms with E-state index in [1.54, 1.807) is 42.5 Å². The number of carbonyl (C=O) groups is 2. The molecule has 186 valence electrons. The molecule has 3 aromatic carbocycles. The van der Waals surface area contributed by atoms with E-state index in [-0.39, 0.29) is 24.1 Å². The van der Waals surface area contributed by atoms with Crippen LogP contribution in [0.2, 0.25) is 0 Å². The molecule has 7 nitrogen and oxygen atoms in total. The maximum atomic E-state index is 14.9. The number of amides is 1. The molecule has 1 aliphatic carbocycles. The van der Waals surface area contributed by atoms with E-state index in [4.69, 9.17) is 19.3 Å². The maximum absolute atomic E-state index is 14.9. The molecule has 8 heteroatoms. The summed E-state index contributed by atoms with van der Waals surface area (Å²) in [5.74, 6) is 0.674. The predicted octanol–water partition coefficient (Wildman–Crippen LogP) is 5.38. The van der Waals surface area contributed by atoms with Gasteiger partial charge in [-0.2, -0.15) is 0 Å². The number of carboxylic acids is 1. The molecule has 2 N–H and O–H groups in total. The van der Waals surface area contributed by atoms with Gasteiger partial charge in [0.2, 0.25) is 0 Å². The van der Waals surface area contributed by atoms with Crippen LogP contribution in [0.5, 0.6) is 23.0 Å². The van der Waals surface area contributed by atoms with Gasteiger partial charge in [-0.25, -0.2) is 4.39 Å². The molecule has 0 fully saturated rings. The number of halogens is 1. The van der Waals surface area contributed by atoms with Crippen LogP contribution in [-0.2, 0) is 11.2 Å². The molecule has 1 heterocycles. The average molecular weight is 492 g/mol. The lowest BCUT2D eigenvalue weighted by Gasteiger charge is -2.17. The Hall–Kier alpha value is -4.07. The first-order chi connectivity index (χ1) is 17.4. The molecule has 0 saturated heterocycles. The molecule has 1 aliphatic heterocycles. The Morgan fingerprint density at radius 1 is 1.11 bits per heavy atom. The van der Waals surface area contributed by atoms with E-state index in [0.29, 0.717) is 60.1 Å². The molecular weight excluding hydrogens is 465 g/mol. The molecule has 0 saturated carbocycles. The number of rotatable bonds is 8. The van der Waals surface area contributed by atoms with E-state index < -0.39 is 12.1 Å². The summed E-state index contributed by atoms with van der Waals surface area (Å²) in [6.45, 7) is 2.72. The lowest BCUT2D eigenvalue weighted by Crippen LogP contribution is -2.22. The van der Waals surface area contributed by atoms with Crippen molar-refractivity contribution in [3.8, 4) is 23.0 Å². The predicted molar refractivity (Wildman–Crippen MR) is 130 cm³/mol. The van der Waals surface area contributed by atoms with Crippen molar-refractivity contribution in [3.05, 3.63) is 82.7 Å². The molecule has 0 aromatic heterocycles. The number of benzene rings is 3. The highest BCUT2D eigenvalue weighted by Crippen LogP contribution is 2.44. The summed E-state index contributed by atoms with van der Waals surface area (Å²) >= 11 is 0. The average Bonchev–Trinajstić information content (AvgIpc) is 3.46. The van der Waals surface area contributed by atoms with E-state index >= 15 is 0 Å². The number of hydrogen-bond acceptors (Lipinski definition) is 5. The van der Waals surface area contributed by atoms with Gasteiger partial charge < -0.3 is 24.6 Å². The van der Waals surface area contributed by atoms with E-state index in [0.717, 1.165) is 11.1 Å². The fourth-order valence-corrected chi connectivity index (χ4v) is 4.79. The van der Waals surface area contributed by atoms with Crippen LogP contribution in [0.3, 0.4) is 0 Å². The Morgan fingerprint density at radius 3 is 2.64 bits per heavy atom. The summed E-state index contributed by atoms with van der Waals surface area (Å²) in [5.41, 5.74) is 2.61. The van der Waals surface area contributed by atoms with Gasteiger partial charge in [0.25, 0.3) is 5.91 Å². The summed E-state index contributed by atoms with van der Waals surface area (Å²) in [5, 5.41) is 11.8. The lowest BCUT2D eigenvalue weighted by molar-refractivity contribution is -0.137. The number of carboxylic acid groups (broad SMARTS) is 1. The van der Waals surface area contributed by atoms with Gasteiger partial charge in [-0.15, -0.1) is 0 Å². The topological polar surface area (TPSA) is 94.1 Å². The number of ether oxygens (including phenoxy) is 3. The van der Waals surface area contributed by atoms with Crippen LogP contribution < -0.4 is 19.5 Å². The summed E-state index contributed by atoms with van der Waals surface area (Å²) in [6.07, 6.45) is 0.693. The number of fused-ring (bicyclic) bond motifs is 2. The Kier molecular flexibility index (Phi) is 6.50. The minimum atomic E-state index is -0.870. The van der Waals surface area contributed by atoms with Gasteiger partial charge in [-0.05, 0) is 62.2 Å². The SMILES string of the molecule is CCNC(=O)c1ccc(Oc2ccc(F)c3c2CC[C@H]3Oc2ccc3c(c2)OCC3CC(=O)O)cc1. The van der Waals surface area contributed by atoms with Gasteiger partial charge in [-0.3, -0.25) is 9.59 Å². The Balaban J connectivity index is 1.33. The monoisotopic (exact) mass is 491 g/mol. The van der Waals surface area contributed by atoms with Crippen molar-refractivity contribution in [1.82, 2.24) is 5.32 Å². The quantitative estimate of drug-likeness (QED) is 0.439. The third-order valence-electron chi connectivity index (χ3n) is 6.49. The van der Waals surface area contributed by atoms with Crippen LogP contribution in [0.1, 0.15) is 58.8 Å². The smallest absolute Gasteiger partial charge is 0.304 e. The molecule has 0 bridgehead atoms. The Morgan fingerprint density at radius 2 is 1.89 bits per heavy atom. The fourth-order valence-electron chi connectivity index (χ4n) is 4.79. The molecule has 5 rings (SSSR count). The maximum Gasteiger partial charge on any atom is 0.304 e. The fraction of sp³-hybridized carbons (Fsp3) is 0.286. The second-order valence-electron chi connectivity index (χ2n) is 8.87. The first-order valence-electron chi connectivity index (χ1n) is 12.0. The lowest BCUT2D eigenvalue weighted by atomic mass is 9.98. The van der Waals surface area contributed by atoms with Gasteiger partial charge in [-0.1, -0.05) is 6.07 Å². The zero-order valence-corrected chi connectivity index (χ0v) is 19.8. The van der Waals surface area contributed by atoms with Crippen molar-refractivity contribution in [2.75, 3.05) is 13.2 Å². The first-order valence-corrected chi connectivity index (χ1v) is 12.0. The number of nitrogens with one attached hydrogen (secondary N) is 1. The van der Waals surface area contributed by atoms with Crippen molar-refractivity contribution >= 4 is 11.9 Å². The third kappa shape index (κ3) is 4.71. The minimum Gasteiger partial charge on any atom is -0.492 e. The number of carbonyl (C=O) groups excluding carboxylic acids is 1. The molecule has 36 heavy (non-hydrogen) atoms. The molecule has 2 aliphatic rings. The van der Waals surface area contributed by atoms with Crippen LogP contribution in [0.4, 0.5) is 4.39 Å². The highest BCUT2D eigenvalue weighted by atomic mass is 19.1. The van der Waals surface area contributed by atoms with Crippen LogP contribution >= 0.6 is 0 Å². The van der Waals surface area contributed by atoms with Crippen LogP contribution in [0.15, 0.2) is 54.6 Å². The molecule has 1 amide bonds. The van der Waals surface area contributed by atoms with Gasteiger partial charge in [0.1, 0.15) is 34.9 Å². The van der Waals surface area contributed by atoms with E-state index in [1.807, 2.05) is 13.0 Å². The molecule has 2 atom stereocenters. The van der Waals surface area contributed by atoms with Crippen molar-refractivity contribution in [1.29, 1.82) is 0 Å². The Labute approximate surface area is 207 Å². The largest absolute Gasteiger partial charge is 0.492 e. The van der Waals surface area contributed by atoms with Crippen LogP contribution in [0.25, 0.3) is 0 Å². The third-order valence-corrected chi connectivity index (χ3v) is 6.49. The van der Waals surface area contributed by atoms with Crippen LogP contribution in [-0.4, -0.2) is 30.1 Å². The summed E-state index contributed by atoms with van der Waals surface area (Å²) in [4.78, 5) is 23.1. The van der Waals surface area contributed by atoms with Gasteiger partial charge in [0, 0.05) is 40.8 Å². The highest BCUT2D eigenvalue weighted by Gasteiger charge is 2.32. The van der Waals surface area contributed by atoms with Gasteiger partial charge >= 0.3 is 5.97 Å². The summed E-state index contributed by atoms with van der Waals surface area (Å²) in [7, 11) is 0. The molecule has 3 aromatic rings. The second kappa shape index (κ2) is 9.89. The standard InChI is InChI=1S/C28H26FNO6/c1-2-30-28(33)16-3-5-18(6-4-16)35-23-12-10-22(29)27-21(23)9-11-24(27)36-19-7-8-20-17(13-26(31)32)15-34-25(20)14-19/h3-8,10,12,14,17,24H,2,9,11,13,15H2,1H3,(H,30,33)(H,31,32)/t17?,24-/m1/s1. The summed E-state index contributed by atoms with van der Waals surface area (Å²) < 4.78 is 32.8. The zero-order chi connectivity index (χ0) is 25.2. The molecule has 0 radical (unpaired) electrons. The summed E-state index contributed by atoms with van der Waals surface area (Å²) in [6, 6.07) is 15.1. The number of aliphatic carboxylic acids is 1. The molecule has 0 spiro atoms. The van der Waals surface area contributed by atoms with E-state index in [9.17, 15) is 14.0 Å². The van der Waals surface area contributed by atoms with Crippen molar-refractivity contribution in [2.45, 2.75) is 38.2 Å². The molecular formula is C28H26FNO6. The Bertz CT molecular complexity index is 1310. The number of hydrogen-bond donors (Lipinski definition) is 2. The van der Waals surface area contributed by atoms with Crippen molar-refractivity contribution in [3.63, 3.8) is 0 Å². The zero-order valence-electron chi connectivity index (χ0n) is 19.8. The van der Waals surface area contributed by atoms with Crippen molar-refractivity contribution in [2.24, 2.45) is 0 Å². The molecule has 1 unspecified atom stereocenters. The minimum absolute atomic E-state index is 0.00581. The highest BCUT2D eigenvalue weighted by molar-refractivity contribution is 5.94. The second-order valence-corrected chi connectivity index (χ2v) is 8.87. The van der Waals surface area contributed by atoms with Crippen molar-refractivity contribution < 1.29 is 33.3 Å². The first kappa shape index (κ1) is 23.7. The van der Waals surface area contributed by atoms with E-state index in [2.05, 4.69) is 5.32 Å². The van der Waals surface area contributed by atoms with Crippen LogP contribution in [0, 0.1) is 5.82 Å². The van der Waals surface area contributed by atoms with E-state index in [1.165, 1.54) is 6.07 Å². The van der Waals surface area contributed by atoms with Gasteiger partial charge in [0.05, 0.1) is 13.0 Å². The normalized spacial score (nSPS) is 17.6.